The van der Waals surface area contributed by atoms with Gasteiger partial charge in [0.05, 0.1) is 10.6 Å². The Morgan fingerprint density at radius 1 is 1.67 bits per heavy atom. The van der Waals surface area contributed by atoms with E-state index in [1.807, 2.05) is 6.92 Å². The Morgan fingerprint density at radius 3 is 2.87 bits per heavy atom. The predicted octanol–water partition coefficient (Wildman–Crippen LogP) is 2.69. The molecule has 1 aromatic rings. The Labute approximate surface area is 98.1 Å². The molecule has 0 aliphatic rings. The van der Waals surface area contributed by atoms with E-state index in [0.29, 0.717) is 5.56 Å². The van der Waals surface area contributed by atoms with Crippen LogP contribution >= 0.6 is 23.2 Å². The third-order valence-electron chi connectivity index (χ3n) is 1.77. The number of pyridine rings is 1. The molecule has 3 nitrogen and oxygen atoms in total. The summed E-state index contributed by atoms with van der Waals surface area (Å²) >= 11 is 11.4. The summed E-state index contributed by atoms with van der Waals surface area (Å²) in [5.74, 6) is -0.256. The van der Waals surface area contributed by atoms with Gasteiger partial charge in [-0.25, -0.2) is 4.98 Å². The summed E-state index contributed by atoms with van der Waals surface area (Å²) < 4.78 is 0. The van der Waals surface area contributed by atoms with Crippen LogP contribution in [0.25, 0.3) is 0 Å². The van der Waals surface area contributed by atoms with Crippen molar-refractivity contribution < 1.29 is 4.79 Å². The fraction of sp³-hybridized carbons (Fsp3) is 0.200. The monoisotopic (exact) mass is 244 g/mol. The van der Waals surface area contributed by atoms with Crippen molar-refractivity contribution in [1.29, 1.82) is 0 Å². The predicted molar refractivity (Wildman–Crippen MR) is 61.4 cm³/mol. The molecule has 1 rings (SSSR count). The number of rotatable bonds is 3. The number of carbonyl (C=O) groups is 1. The van der Waals surface area contributed by atoms with E-state index in [9.17, 15) is 4.79 Å². The number of amides is 1. The largest absolute Gasteiger partial charge is 0.346 e. The summed E-state index contributed by atoms with van der Waals surface area (Å²) in [5, 5.41) is 3.14. The van der Waals surface area contributed by atoms with Gasteiger partial charge in [0.2, 0.25) is 0 Å². The van der Waals surface area contributed by atoms with E-state index < -0.39 is 0 Å². The fourth-order valence-electron chi connectivity index (χ4n) is 0.894. The molecule has 1 aromatic heterocycles. The van der Waals surface area contributed by atoms with Crippen LogP contribution in [-0.4, -0.2) is 16.9 Å². The van der Waals surface area contributed by atoms with Gasteiger partial charge in [0.15, 0.2) is 0 Å². The Morgan fingerprint density at radius 2 is 2.33 bits per heavy atom. The van der Waals surface area contributed by atoms with Crippen molar-refractivity contribution in [3.63, 3.8) is 0 Å². The van der Waals surface area contributed by atoms with Crippen LogP contribution in [0.3, 0.4) is 0 Å². The maximum atomic E-state index is 11.6. The van der Waals surface area contributed by atoms with Gasteiger partial charge < -0.3 is 5.32 Å². The van der Waals surface area contributed by atoms with Gasteiger partial charge in [0.25, 0.3) is 5.91 Å². The molecular weight excluding hydrogens is 235 g/mol. The van der Waals surface area contributed by atoms with Crippen LogP contribution in [0.1, 0.15) is 17.3 Å². The number of carbonyl (C=O) groups excluding carboxylic acids is 1. The van der Waals surface area contributed by atoms with Crippen molar-refractivity contribution in [1.82, 2.24) is 10.3 Å². The Balaban J connectivity index is 2.83. The lowest BCUT2D eigenvalue weighted by Gasteiger charge is -2.09. The first-order chi connectivity index (χ1) is 7.04. The van der Waals surface area contributed by atoms with Crippen molar-refractivity contribution in [2.75, 3.05) is 0 Å². The molecule has 1 amide bonds. The molecule has 1 atom stereocenters. The van der Waals surface area contributed by atoms with E-state index in [1.165, 1.54) is 12.3 Å². The molecule has 0 radical (unpaired) electrons. The fourth-order valence-corrected chi connectivity index (χ4v) is 1.16. The Kier molecular flexibility index (Phi) is 4.12. The molecule has 15 heavy (non-hydrogen) atoms. The van der Waals surface area contributed by atoms with Gasteiger partial charge in [-0.15, -0.1) is 6.58 Å². The number of nitrogens with one attached hydrogen (secondary N) is 1. The second kappa shape index (κ2) is 5.14. The highest BCUT2D eigenvalue weighted by Crippen LogP contribution is 2.19. The SMILES string of the molecule is C=CC(C)NC(=O)c1cnc(Cl)c(Cl)c1. The lowest BCUT2D eigenvalue weighted by molar-refractivity contribution is 0.0946. The van der Waals surface area contributed by atoms with Gasteiger partial charge in [-0.05, 0) is 13.0 Å². The van der Waals surface area contributed by atoms with Crippen LogP contribution in [0.15, 0.2) is 24.9 Å². The first kappa shape index (κ1) is 12.0. The van der Waals surface area contributed by atoms with Crippen LogP contribution < -0.4 is 5.32 Å². The average Bonchev–Trinajstić information content (AvgIpc) is 2.21. The molecule has 0 aliphatic carbocycles. The topological polar surface area (TPSA) is 42.0 Å². The lowest BCUT2D eigenvalue weighted by Crippen LogP contribution is -2.30. The van der Waals surface area contributed by atoms with Crippen molar-refractivity contribution in [3.05, 3.63) is 40.7 Å². The van der Waals surface area contributed by atoms with Crippen LogP contribution in [0.2, 0.25) is 10.2 Å². The Hall–Kier alpha value is -1.06. The highest BCUT2D eigenvalue weighted by atomic mass is 35.5. The van der Waals surface area contributed by atoms with Crippen LogP contribution in [0, 0.1) is 0 Å². The number of hydrogen-bond donors (Lipinski definition) is 1. The van der Waals surface area contributed by atoms with E-state index in [2.05, 4.69) is 16.9 Å². The lowest BCUT2D eigenvalue weighted by atomic mass is 10.2. The zero-order chi connectivity index (χ0) is 11.4. The molecule has 0 bridgehead atoms. The summed E-state index contributed by atoms with van der Waals surface area (Å²) in [6.45, 7) is 5.38. The normalized spacial score (nSPS) is 11.9. The maximum Gasteiger partial charge on any atom is 0.253 e. The summed E-state index contributed by atoms with van der Waals surface area (Å²) in [4.78, 5) is 15.4. The second-order valence-electron chi connectivity index (χ2n) is 2.99. The molecule has 1 N–H and O–H groups in total. The van der Waals surface area contributed by atoms with Gasteiger partial charge in [-0.1, -0.05) is 29.3 Å². The van der Waals surface area contributed by atoms with E-state index in [1.54, 1.807) is 6.08 Å². The number of halogens is 2. The summed E-state index contributed by atoms with van der Waals surface area (Å²) in [5.41, 5.74) is 0.373. The molecule has 1 heterocycles. The number of nitrogens with zero attached hydrogens (tertiary/aromatic N) is 1. The van der Waals surface area contributed by atoms with Crippen molar-refractivity contribution in [2.45, 2.75) is 13.0 Å². The third kappa shape index (κ3) is 3.22. The molecule has 0 fully saturated rings. The van der Waals surface area contributed by atoms with Gasteiger partial charge >= 0.3 is 0 Å². The molecule has 0 aliphatic heterocycles. The highest BCUT2D eigenvalue weighted by Gasteiger charge is 2.10. The third-order valence-corrected chi connectivity index (χ3v) is 2.46. The van der Waals surface area contributed by atoms with E-state index in [-0.39, 0.29) is 22.1 Å². The molecule has 0 saturated heterocycles. The van der Waals surface area contributed by atoms with Crippen molar-refractivity contribution in [2.24, 2.45) is 0 Å². The van der Waals surface area contributed by atoms with Crippen LogP contribution in [0.5, 0.6) is 0 Å². The van der Waals surface area contributed by atoms with E-state index >= 15 is 0 Å². The minimum atomic E-state index is -0.256. The summed E-state index contributed by atoms with van der Waals surface area (Å²) in [7, 11) is 0. The molecule has 0 aromatic carbocycles. The molecule has 80 valence electrons. The summed E-state index contributed by atoms with van der Waals surface area (Å²) in [6, 6.07) is 1.37. The molecule has 0 saturated carbocycles. The van der Waals surface area contributed by atoms with Crippen molar-refractivity contribution in [3.8, 4) is 0 Å². The first-order valence-corrected chi connectivity index (χ1v) is 5.04. The quantitative estimate of drug-likeness (QED) is 0.657. The molecule has 0 spiro atoms. The minimum Gasteiger partial charge on any atom is -0.346 e. The standard InChI is InChI=1S/C10H10Cl2N2O/c1-3-6(2)14-10(15)7-4-8(11)9(12)13-5-7/h3-6H,1H2,2H3,(H,14,15). The van der Waals surface area contributed by atoms with Gasteiger partial charge in [-0.2, -0.15) is 0 Å². The number of aromatic nitrogens is 1. The molecular formula is C10H10Cl2N2O. The van der Waals surface area contributed by atoms with E-state index in [4.69, 9.17) is 23.2 Å². The van der Waals surface area contributed by atoms with Gasteiger partial charge in [0, 0.05) is 12.2 Å². The minimum absolute atomic E-state index is 0.105. The zero-order valence-electron chi connectivity index (χ0n) is 8.13. The van der Waals surface area contributed by atoms with Crippen molar-refractivity contribution >= 4 is 29.1 Å². The van der Waals surface area contributed by atoms with Gasteiger partial charge in [-0.3, -0.25) is 4.79 Å². The van der Waals surface area contributed by atoms with Crippen LogP contribution in [0.4, 0.5) is 0 Å². The maximum absolute atomic E-state index is 11.6. The number of hydrogen-bond acceptors (Lipinski definition) is 2. The summed E-state index contributed by atoms with van der Waals surface area (Å²) in [6.07, 6.45) is 3.00. The van der Waals surface area contributed by atoms with Gasteiger partial charge in [0.1, 0.15) is 5.15 Å². The Bertz CT molecular complexity index is 393. The first-order valence-electron chi connectivity index (χ1n) is 4.29. The molecule has 5 heteroatoms. The average molecular weight is 245 g/mol. The molecule has 1 unspecified atom stereocenters. The highest BCUT2D eigenvalue weighted by molar-refractivity contribution is 6.41. The van der Waals surface area contributed by atoms with Crippen LogP contribution in [-0.2, 0) is 0 Å². The second-order valence-corrected chi connectivity index (χ2v) is 3.76. The zero-order valence-corrected chi connectivity index (χ0v) is 9.64. The van der Waals surface area contributed by atoms with E-state index in [0.717, 1.165) is 0 Å². The smallest absolute Gasteiger partial charge is 0.253 e.